The van der Waals surface area contributed by atoms with Crippen LogP contribution in [0.15, 0.2) is 65.2 Å². The van der Waals surface area contributed by atoms with E-state index in [1.54, 1.807) is 12.1 Å². The van der Waals surface area contributed by atoms with E-state index in [1.165, 1.54) is 56.2 Å². The molecule has 0 saturated carbocycles. The van der Waals surface area contributed by atoms with Crippen molar-refractivity contribution in [1.29, 1.82) is 0 Å². The lowest BCUT2D eigenvalue weighted by Gasteiger charge is -2.41. The van der Waals surface area contributed by atoms with E-state index in [-0.39, 0.29) is 5.82 Å². The molecule has 11 heteroatoms. The number of benzene rings is 3. The van der Waals surface area contributed by atoms with Gasteiger partial charge in [0, 0.05) is 39.8 Å². The third-order valence-electron chi connectivity index (χ3n) is 13.6. The van der Waals surface area contributed by atoms with Crippen molar-refractivity contribution in [2.45, 2.75) is 127 Å². The topological polar surface area (TPSA) is 48.6 Å². The molecule has 1 aromatic heterocycles. The highest BCUT2D eigenvalue weighted by atomic mass is 35.5. The van der Waals surface area contributed by atoms with Gasteiger partial charge in [-0.05, 0) is 166 Å². The van der Waals surface area contributed by atoms with Crippen LogP contribution in [0, 0.1) is 39.8 Å². The van der Waals surface area contributed by atoms with Crippen LogP contribution in [0.5, 0.6) is 0 Å². The Labute approximate surface area is 393 Å². The van der Waals surface area contributed by atoms with Gasteiger partial charge in [-0.3, -0.25) is 14.7 Å². The molecule has 342 valence electrons. The first-order valence-electron chi connectivity index (χ1n) is 22.7. The lowest BCUT2D eigenvalue weighted by Crippen LogP contribution is -2.40. The highest BCUT2D eigenvalue weighted by Gasteiger charge is 2.32. The Hall–Kier alpha value is -2.23. The van der Waals surface area contributed by atoms with Gasteiger partial charge in [0.25, 0.3) is 0 Å². The normalized spacial score (nSPS) is 19.6. The van der Waals surface area contributed by atoms with E-state index in [0.717, 1.165) is 84.7 Å². The molecule has 4 aromatic rings. The maximum absolute atomic E-state index is 13.0. The Balaban J connectivity index is 0.000000177. The molecule has 0 radical (unpaired) electrons. The van der Waals surface area contributed by atoms with E-state index in [9.17, 15) is 4.39 Å². The number of aromatic nitrogens is 2. The summed E-state index contributed by atoms with van der Waals surface area (Å²) >= 11 is 24.5. The summed E-state index contributed by atoms with van der Waals surface area (Å²) < 4.78 is 18.5. The fourth-order valence-corrected chi connectivity index (χ4v) is 10.2. The summed E-state index contributed by atoms with van der Waals surface area (Å²) in [5, 5.41) is 6.71. The molecule has 4 heterocycles. The summed E-state index contributed by atoms with van der Waals surface area (Å²) in [6.45, 7) is 31.5. The van der Waals surface area contributed by atoms with Crippen molar-refractivity contribution in [3.05, 3.63) is 104 Å². The average Bonchev–Trinajstić information content (AvgIpc) is 3.66. The Bertz CT molecular complexity index is 1980. The van der Waals surface area contributed by atoms with E-state index in [2.05, 4.69) is 94.1 Å². The van der Waals surface area contributed by atoms with Crippen LogP contribution >= 0.6 is 46.4 Å². The Kier molecular flexibility index (Phi) is 18.3. The minimum Gasteiger partial charge on any atom is -0.338 e. The van der Waals surface area contributed by atoms with Gasteiger partial charge in [-0.2, -0.15) is 4.98 Å². The van der Waals surface area contributed by atoms with Crippen LogP contribution in [0.1, 0.15) is 131 Å². The van der Waals surface area contributed by atoms with Crippen molar-refractivity contribution in [2.24, 2.45) is 34.0 Å². The van der Waals surface area contributed by atoms with Crippen molar-refractivity contribution in [1.82, 2.24) is 24.8 Å². The third kappa shape index (κ3) is 15.2. The second-order valence-electron chi connectivity index (χ2n) is 21.1. The number of halogens is 5. The molecule has 0 amide bonds. The zero-order valence-corrected chi connectivity index (χ0v) is 42.0. The van der Waals surface area contributed by atoms with Gasteiger partial charge in [0.05, 0.1) is 11.6 Å². The Morgan fingerprint density at radius 2 is 1.24 bits per heavy atom. The van der Waals surface area contributed by atoms with Crippen LogP contribution < -0.4 is 0 Å². The van der Waals surface area contributed by atoms with Gasteiger partial charge in [-0.25, -0.2) is 4.39 Å². The summed E-state index contributed by atoms with van der Waals surface area (Å²) in [5.41, 5.74) is 4.23. The average molecular weight is 932 g/mol. The van der Waals surface area contributed by atoms with Gasteiger partial charge in [0.1, 0.15) is 5.82 Å². The summed E-state index contributed by atoms with van der Waals surface area (Å²) in [5.74, 6) is 3.30. The van der Waals surface area contributed by atoms with E-state index in [4.69, 9.17) is 50.9 Å². The van der Waals surface area contributed by atoms with Crippen molar-refractivity contribution in [3.63, 3.8) is 0 Å². The van der Waals surface area contributed by atoms with Gasteiger partial charge in [-0.1, -0.05) is 132 Å². The molecule has 2 atom stereocenters. The third-order valence-corrected chi connectivity index (χ3v) is 14.7. The molecule has 0 spiro atoms. The van der Waals surface area contributed by atoms with E-state index in [0.29, 0.717) is 50.6 Å². The molecule has 0 bridgehead atoms. The van der Waals surface area contributed by atoms with Gasteiger partial charge < -0.3 is 4.52 Å². The summed E-state index contributed by atoms with van der Waals surface area (Å²) in [4.78, 5) is 11.9. The summed E-state index contributed by atoms with van der Waals surface area (Å²) in [6, 6.07) is 18.5. The van der Waals surface area contributed by atoms with Gasteiger partial charge in [-0.15, -0.1) is 0 Å². The van der Waals surface area contributed by atoms with Crippen molar-refractivity contribution in [2.75, 3.05) is 39.3 Å². The Morgan fingerprint density at radius 3 is 1.81 bits per heavy atom. The van der Waals surface area contributed by atoms with Crippen LogP contribution in [0.3, 0.4) is 0 Å². The maximum atomic E-state index is 13.0. The second-order valence-corrected chi connectivity index (χ2v) is 22.8. The first-order chi connectivity index (χ1) is 29.1. The van der Waals surface area contributed by atoms with Crippen molar-refractivity contribution >= 4 is 46.4 Å². The molecule has 3 aromatic carbocycles. The van der Waals surface area contributed by atoms with Crippen molar-refractivity contribution < 1.29 is 8.91 Å². The molecule has 6 nitrogen and oxygen atoms in total. The number of likely N-dealkylation sites (tertiary alicyclic amines) is 3. The molecule has 3 aliphatic heterocycles. The summed E-state index contributed by atoms with van der Waals surface area (Å²) in [7, 11) is 0. The first kappa shape index (κ1) is 50.8. The monoisotopic (exact) mass is 929 g/mol. The zero-order chi connectivity index (χ0) is 45.4. The maximum Gasteiger partial charge on any atom is 0.241 e. The van der Waals surface area contributed by atoms with Crippen LogP contribution in [0.2, 0.25) is 20.1 Å². The van der Waals surface area contributed by atoms with Gasteiger partial charge in [0.15, 0.2) is 0 Å². The first-order valence-corrected chi connectivity index (χ1v) is 24.2. The highest BCUT2D eigenvalue weighted by molar-refractivity contribution is 6.34. The SMILES string of the molecule is CC(C)(C)C1CCCN(Cc2ccc(F)cc2Cl)C1.CC(C)(C)C1CCN(Cc2nc(-c3ccccc3Cl)no2)CC1.CC(c1cc(Cl)cc(Cl)c1)N1CCC(C(C)(C)C)CC1. The lowest BCUT2D eigenvalue weighted by atomic mass is 9.75. The number of nitrogens with zero attached hydrogens (tertiary/aromatic N) is 5. The standard InChI is InChI=1S/C18H24ClN3O.C17H25Cl2N.C16H23ClFN/c1-18(2,3)13-8-10-22(11-9-13)12-16-20-17(21-23-16)14-6-4-5-7-15(14)19;1-12(13-9-15(18)11-16(19)10-13)20-7-5-14(6-8-20)17(2,3)4;1-16(2,3)13-5-4-8-19(11-13)10-12-6-7-14(18)9-15(12)17/h4-7,13H,8-12H2,1-3H3;9-12,14H,5-8H2,1-4H3;6-7,9,13H,4-5,8,10-11H2,1-3H3. The lowest BCUT2D eigenvalue weighted by molar-refractivity contribution is 0.0878. The second kappa shape index (κ2) is 22.3. The molecule has 3 aliphatic rings. The fraction of sp³-hybridized carbons (Fsp3) is 0.608. The molecule has 62 heavy (non-hydrogen) atoms. The predicted octanol–water partition coefficient (Wildman–Crippen LogP) is 15.2. The van der Waals surface area contributed by atoms with E-state index >= 15 is 0 Å². The van der Waals surface area contributed by atoms with Crippen LogP contribution in [0.25, 0.3) is 11.4 Å². The molecule has 3 saturated heterocycles. The van der Waals surface area contributed by atoms with Gasteiger partial charge in [0.2, 0.25) is 11.7 Å². The fourth-order valence-electron chi connectivity index (χ4n) is 9.20. The largest absolute Gasteiger partial charge is 0.338 e. The highest BCUT2D eigenvalue weighted by Crippen LogP contribution is 2.38. The quantitative estimate of drug-likeness (QED) is 0.184. The Morgan fingerprint density at radius 1 is 0.661 bits per heavy atom. The number of hydrogen-bond acceptors (Lipinski definition) is 6. The van der Waals surface area contributed by atoms with Gasteiger partial charge >= 0.3 is 0 Å². The van der Waals surface area contributed by atoms with Crippen molar-refractivity contribution in [3.8, 4) is 11.4 Å². The number of piperidine rings is 3. The molecule has 3 fully saturated rings. The predicted molar refractivity (Wildman–Crippen MR) is 260 cm³/mol. The molecule has 7 rings (SSSR count). The molecular formula is C51H72Cl4FN5O. The minimum atomic E-state index is -0.264. The zero-order valence-electron chi connectivity index (χ0n) is 39.0. The molecule has 2 unspecified atom stereocenters. The molecular weight excluding hydrogens is 859 g/mol. The molecule has 0 N–H and O–H groups in total. The number of rotatable bonds is 7. The number of hydrogen-bond donors (Lipinski definition) is 0. The molecule has 0 aliphatic carbocycles. The van der Waals surface area contributed by atoms with Crippen LogP contribution in [0.4, 0.5) is 4.39 Å². The minimum absolute atomic E-state index is 0.264. The smallest absolute Gasteiger partial charge is 0.241 e. The van der Waals surface area contributed by atoms with E-state index < -0.39 is 0 Å². The van der Waals surface area contributed by atoms with Crippen LogP contribution in [-0.2, 0) is 13.1 Å². The summed E-state index contributed by atoms with van der Waals surface area (Å²) in [6.07, 6.45) is 7.56. The van der Waals surface area contributed by atoms with Crippen LogP contribution in [-0.4, -0.2) is 64.1 Å². The van der Waals surface area contributed by atoms with E-state index in [1.807, 2.05) is 36.4 Å².